The van der Waals surface area contributed by atoms with E-state index in [9.17, 15) is 4.79 Å². The van der Waals surface area contributed by atoms with Crippen molar-refractivity contribution in [1.29, 1.82) is 0 Å². The molecular formula is C21H16Cl2OS. The molecular weight excluding hydrogens is 371 g/mol. The van der Waals surface area contributed by atoms with Crippen LogP contribution >= 0.6 is 35.0 Å². The van der Waals surface area contributed by atoms with Crippen LogP contribution in [0.25, 0.3) is 0 Å². The van der Waals surface area contributed by atoms with E-state index in [1.807, 2.05) is 78.9 Å². The monoisotopic (exact) mass is 386 g/mol. The van der Waals surface area contributed by atoms with Crippen LogP contribution in [0.5, 0.6) is 0 Å². The predicted molar refractivity (Wildman–Crippen MR) is 107 cm³/mol. The first-order valence-corrected chi connectivity index (χ1v) is 9.51. The number of rotatable bonds is 6. The van der Waals surface area contributed by atoms with Crippen LogP contribution in [-0.4, -0.2) is 5.78 Å². The van der Waals surface area contributed by atoms with Crippen LogP contribution in [0.2, 0.25) is 10.0 Å². The Morgan fingerprint density at radius 3 is 1.96 bits per heavy atom. The summed E-state index contributed by atoms with van der Waals surface area (Å²) < 4.78 is 0. The highest BCUT2D eigenvalue weighted by Gasteiger charge is 2.18. The van der Waals surface area contributed by atoms with Gasteiger partial charge in [0, 0.05) is 32.2 Å². The van der Waals surface area contributed by atoms with Gasteiger partial charge in [-0.25, -0.2) is 0 Å². The van der Waals surface area contributed by atoms with E-state index in [0.717, 1.165) is 16.0 Å². The van der Waals surface area contributed by atoms with Crippen LogP contribution in [-0.2, 0) is 0 Å². The zero-order valence-corrected chi connectivity index (χ0v) is 15.7. The van der Waals surface area contributed by atoms with E-state index in [0.29, 0.717) is 16.5 Å². The van der Waals surface area contributed by atoms with Gasteiger partial charge < -0.3 is 0 Å². The molecule has 126 valence electrons. The van der Waals surface area contributed by atoms with Crippen molar-refractivity contribution in [3.63, 3.8) is 0 Å². The normalized spacial score (nSPS) is 11.9. The summed E-state index contributed by atoms with van der Waals surface area (Å²) in [6.07, 6.45) is 0.416. The highest BCUT2D eigenvalue weighted by molar-refractivity contribution is 7.99. The summed E-state index contributed by atoms with van der Waals surface area (Å²) in [5.41, 5.74) is 1.81. The molecule has 0 aliphatic carbocycles. The third kappa shape index (κ3) is 5.12. The molecule has 1 atom stereocenters. The molecule has 0 radical (unpaired) electrons. The highest BCUT2D eigenvalue weighted by atomic mass is 35.5. The van der Waals surface area contributed by atoms with Gasteiger partial charge in [-0.2, -0.15) is 0 Å². The molecule has 0 saturated heterocycles. The number of thioether (sulfide) groups is 1. The summed E-state index contributed by atoms with van der Waals surface area (Å²) in [7, 11) is 0. The second kappa shape index (κ2) is 8.57. The number of carbonyl (C=O) groups excluding carboxylic acids is 1. The van der Waals surface area contributed by atoms with Crippen molar-refractivity contribution >= 4 is 40.7 Å². The first kappa shape index (κ1) is 18.1. The van der Waals surface area contributed by atoms with E-state index < -0.39 is 0 Å². The molecule has 0 heterocycles. The largest absolute Gasteiger partial charge is 0.294 e. The molecule has 1 nitrogen and oxygen atoms in total. The predicted octanol–water partition coefficient (Wildman–Crippen LogP) is 7.10. The summed E-state index contributed by atoms with van der Waals surface area (Å²) >= 11 is 13.6. The highest BCUT2D eigenvalue weighted by Crippen LogP contribution is 2.39. The fourth-order valence-corrected chi connectivity index (χ4v) is 3.89. The van der Waals surface area contributed by atoms with Gasteiger partial charge in [-0.05, 0) is 42.0 Å². The molecule has 3 aromatic rings. The Hall–Kier alpha value is -1.74. The molecule has 0 unspecified atom stereocenters. The van der Waals surface area contributed by atoms with Crippen molar-refractivity contribution in [3.8, 4) is 0 Å². The first-order valence-electron chi connectivity index (χ1n) is 7.88. The average molecular weight is 387 g/mol. The number of hydrogen-bond donors (Lipinski definition) is 0. The number of Topliss-reactive ketones (excluding diaryl/α,β-unsaturated/α-hetero) is 1. The van der Waals surface area contributed by atoms with E-state index in [1.165, 1.54) is 0 Å². The maximum atomic E-state index is 12.7. The van der Waals surface area contributed by atoms with Gasteiger partial charge in [0.25, 0.3) is 0 Å². The molecule has 0 spiro atoms. The van der Waals surface area contributed by atoms with E-state index in [-0.39, 0.29) is 11.0 Å². The van der Waals surface area contributed by atoms with Gasteiger partial charge in [-0.15, -0.1) is 11.8 Å². The van der Waals surface area contributed by atoms with E-state index in [1.54, 1.807) is 11.8 Å². The van der Waals surface area contributed by atoms with Crippen molar-refractivity contribution in [2.75, 3.05) is 0 Å². The Bertz CT molecular complexity index is 830. The molecule has 25 heavy (non-hydrogen) atoms. The lowest BCUT2D eigenvalue weighted by atomic mass is 10.0. The fourth-order valence-electron chi connectivity index (χ4n) is 2.49. The lowest BCUT2D eigenvalue weighted by Gasteiger charge is -2.17. The van der Waals surface area contributed by atoms with Gasteiger partial charge in [0.05, 0.1) is 0 Å². The Labute approximate surface area is 162 Å². The Balaban J connectivity index is 1.84. The standard InChI is InChI=1S/C21H16Cl2OS/c22-17-8-6-16(7-9-17)21(25-19-12-10-18(23)11-13-19)14-20(24)15-4-2-1-3-5-15/h1-13,21H,14H2/t21-/m1/s1. The van der Waals surface area contributed by atoms with Gasteiger partial charge in [0.15, 0.2) is 5.78 Å². The number of benzene rings is 3. The van der Waals surface area contributed by atoms with E-state index >= 15 is 0 Å². The van der Waals surface area contributed by atoms with Gasteiger partial charge >= 0.3 is 0 Å². The number of halogens is 2. The van der Waals surface area contributed by atoms with Crippen LogP contribution in [0, 0.1) is 0 Å². The molecule has 3 aromatic carbocycles. The van der Waals surface area contributed by atoms with Crippen LogP contribution in [0.4, 0.5) is 0 Å². The SMILES string of the molecule is O=C(C[C@@H](Sc1ccc(Cl)cc1)c1ccc(Cl)cc1)c1ccccc1. The van der Waals surface area contributed by atoms with Crippen molar-refractivity contribution in [2.24, 2.45) is 0 Å². The molecule has 0 aromatic heterocycles. The molecule has 0 amide bonds. The lowest BCUT2D eigenvalue weighted by molar-refractivity contribution is 0.0982. The molecule has 0 aliphatic heterocycles. The minimum atomic E-state index is 0.00569. The lowest BCUT2D eigenvalue weighted by Crippen LogP contribution is -2.05. The minimum Gasteiger partial charge on any atom is -0.294 e. The van der Waals surface area contributed by atoms with Gasteiger partial charge in [-0.3, -0.25) is 4.79 Å². The summed E-state index contributed by atoms with van der Waals surface area (Å²) in [5, 5.41) is 1.40. The topological polar surface area (TPSA) is 17.1 Å². The molecule has 0 bridgehead atoms. The Morgan fingerprint density at radius 2 is 1.36 bits per heavy atom. The fraction of sp³-hybridized carbons (Fsp3) is 0.0952. The second-order valence-corrected chi connectivity index (χ2v) is 7.75. The number of carbonyl (C=O) groups is 1. The zero-order valence-electron chi connectivity index (χ0n) is 13.4. The van der Waals surface area contributed by atoms with Crippen molar-refractivity contribution in [1.82, 2.24) is 0 Å². The molecule has 0 aliphatic rings. The van der Waals surface area contributed by atoms with Crippen molar-refractivity contribution in [3.05, 3.63) is 100 Å². The number of hydrogen-bond acceptors (Lipinski definition) is 2. The molecule has 0 saturated carbocycles. The third-order valence-electron chi connectivity index (χ3n) is 3.80. The summed E-state index contributed by atoms with van der Waals surface area (Å²) in [6, 6.07) is 24.8. The van der Waals surface area contributed by atoms with Gasteiger partial charge in [0.1, 0.15) is 0 Å². The first-order chi connectivity index (χ1) is 12.1. The van der Waals surface area contributed by atoms with Gasteiger partial charge in [-0.1, -0.05) is 65.7 Å². The smallest absolute Gasteiger partial charge is 0.164 e. The maximum Gasteiger partial charge on any atom is 0.164 e. The van der Waals surface area contributed by atoms with Crippen LogP contribution in [0.1, 0.15) is 27.6 Å². The molecule has 0 N–H and O–H groups in total. The van der Waals surface area contributed by atoms with Crippen LogP contribution in [0.15, 0.2) is 83.8 Å². The molecule has 0 fully saturated rings. The Morgan fingerprint density at radius 1 is 0.800 bits per heavy atom. The average Bonchev–Trinajstić information content (AvgIpc) is 2.64. The van der Waals surface area contributed by atoms with Crippen molar-refractivity contribution < 1.29 is 4.79 Å². The zero-order chi connectivity index (χ0) is 17.6. The van der Waals surface area contributed by atoms with E-state index in [4.69, 9.17) is 23.2 Å². The third-order valence-corrected chi connectivity index (χ3v) is 5.57. The van der Waals surface area contributed by atoms with Crippen LogP contribution in [0.3, 0.4) is 0 Å². The summed E-state index contributed by atoms with van der Waals surface area (Å²) in [5.74, 6) is 0.127. The molecule has 4 heteroatoms. The van der Waals surface area contributed by atoms with Crippen molar-refractivity contribution in [2.45, 2.75) is 16.6 Å². The summed E-state index contributed by atoms with van der Waals surface area (Å²) in [4.78, 5) is 13.8. The van der Waals surface area contributed by atoms with E-state index in [2.05, 4.69) is 0 Å². The molecule has 3 rings (SSSR count). The van der Waals surface area contributed by atoms with Gasteiger partial charge in [0.2, 0.25) is 0 Å². The Kier molecular flexibility index (Phi) is 6.19. The van der Waals surface area contributed by atoms with Crippen LogP contribution < -0.4 is 0 Å². The quantitative estimate of drug-likeness (QED) is 0.331. The summed E-state index contributed by atoms with van der Waals surface area (Å²) in [6.45, 7) is 0. The second-order valence-electron chi connectivity index (χ2n) is 5.61. The minimum absolute atomic E-state index is 0.00569. The maximum absolute atomic E-state index is 12.7. The number of ketones is 1.